The van der Waals surface area contributed by atoms with Gasteiger partial charge in [-0.1, -0.05) is 11.6 Å². The van der Waals surface area contributed by atoms with Crippen molar-refractivity contribution in [3.63, 3.8) is 0 Å². The summed E-state index contributed by atoms with van der Waals surface area (Å²) in [5.74, 6) is -0.762. The van der Waals surface area contributed by atoms with Crippen LogP contribution in [0.2, 0.25) is 5.02 Å². The topological polar surface area (TPSA) is 89.4 Å². The summed E-state index contributed by atoms with van der Waals surface area (Å²) >= 11 is 5.80. The molecule has 1 saturated heterocycles. The van der Waals surface area contributed by atoms with E-state index in [0.717, 1.165) is 0 Å². The third kappa shape index (κ3) is 2.41. The lowest BCUT2D eigenvalue weighted by atomic mass is 10.1. The van der Waals surface area contributed by atoms with Crippen LogP contribution in [0.4, 0.5) is 5.69 Å². The second-order valence-corrected chi connectivity index (χ2v) is 4.78. The van der Waals surface area contributed by atoms with Gasteiger partial charge in [-0.3, -0.25) is 9.59 Å². The Balaban J connectivity index is 2.12. The molecule has 5 nitrogen and oxygen atoms in total. The molecule has 0 aliphatic carbocycles. The number of hydrogen-bond donors (Lipinski definition) is 2. The highest BCUT2D eigenvalue weighted by Crippen LogP contribution is 2.23. The highest BCUT2D eigenvalue weighted by atomic mass is 35.5. The van der Waals surface area contributed by atoms with Crippen LogP contribution >= 0.6 is 11.6 Å². The Morgan fingerprint density at radius 3 is 2.67 bits per heavy atom. The van der Waals surface area contributed by atoms with Gasteiger partial charge in [-0.2, -0.15) is 0 Å². The summed E-state index contributed by atoms with van der Waals surface area (Å²) in [6.07, 6.45) is 0.615. The molecule has 1 aliphatic heterocycles. The number of carbonyl (C=O) groups is 2. The fourth-order valence-corrected chi connectivity index (χ4v) is 2.15. The zero-order chi connectivity index (χ0) is 13.3. The second kappa shape index (κ2) is 4.86. The minimum Gasteiger partial charge on any atom is -0.398 e. The third-order valence-corrected chi connectivity index (χ3v) is 3.46. The molecule has 6 heteroatoms. The minimum atomic E-state index is -0.360. The van der Waals surface area contributed by atoms with Crippen molar-refractivity contribution in [2.24, 2.45) is 11.7 Å². The van der Waals surface area contributed by atoms with Gasteiger partial charge in [0.05, 0.1) is 16.6 Å². The van der Waals surface area contributed by atoms with Gasteiger partial charge in [-0.25, -0.2) is 0 Å². The number of amides is 2. The fraction of sp³-hybridized carbons (Fsp3) is 0.333. The molecule has 1 fully saturated rings. The van der Waals surface area contributed by atoms with Gasteiger partial charge in [0, 0.05) is 18.7 Å². The van der Waals surface area contributed by atoms with E-state index in [4.69, 9.17) is 23.1 Å². The number of nitrogens with zero attached hydrogens (tertiary/aromatic N) is 1. The van der Waals surface area contributed by atoms with Gasteiger partial charge in [0.1, 0.15) is 0 Å². The molecule has 0 bridgehead atoms. The zero-order valence-corrected chi connectivity index (χ0v) is 10.5. The molecule has 0 spiro atoms. The Bertz CT molecular complexity index is 504. The molecule has 1 aromatic rings. The lowest BCUT2D eigenvalue weighted by Gasteiger charge is -2.16. The molecule has 1 aliphatic rings. The predicted molar refractivity (Wildman–Crippen MR) is 69.1 cm³/mol. The van der Waals surface area contributed by atoms with Gasteiger partial charge in [-0.05, 0) is 24.6 Å². The molecule has 0 saturated carbocycles. The monoisotopic (exact) mass is 267 g/mol. The van der Waals surface area contributed by atoms with Gasteiger partial charge >= 0.3 is 0 Å². The Kier molecular flexibility index (Phi) is 3.43. The highest BCUT2D eigenvalue weighted by molar-refractivity contribution is 6.33. The average molecular weight is 268 g/mol. The first-order chi connectivity index (χ1) is 8.49. The number of benzene rings is 1. The first-order valence-electron chi connectivity index (χ1n) is 5.62. The molecule has 1 atom stereocenters. The van der Waals surface area contributed by atoms with Crippen LogP contribution in [-0.2, 0) is 4.79 Å². The van der Waals surface area contributed by atoms with Crippen molar-refractivity contribution < 1.29 is 9.59 Å². The van der Waals surface area contributed by atoms with Gasteiger partial charge in [0.2, 0.25) is 5.91 Å². The van der Waals surface area contributed by atoms with Crippen LogP contribution in [0.3, 0.4) is 0 Å². The minimum absolute atomic E-state index is 0.151. The molecule has 1 unspecified atom stereocenters. The summed E-state index contributed by atoms with van der Waals surface area (Å²) in [4.78, 5) is 24.8. The quantitative estimate of drug-likeness (QED) is 0.779. The number of hydrogen-bond acceptors (Lipinski definition) is 3. The van der Waals surface area contributed by atoms with E-state index in [0.29, 0.717) is 35.8 Å². The molecule has 1 heterocycles. The first kappa shape index (κ1) is 12.7. The summed E-state index contributed by atoms with van der Waals surface area (Å²) in [6, 6.07) is 4.76. The van der Waals surface area contributed by atoms with Crippen LogP contribution in [0.25, 0.3) is 0 Å². The van der Waals surface area contributed by atoms with Gasteiger partial charge in [0.15, 0.2) is 0 Å². The summed E-state index contributed by atoms with van der Waals surface area (Å²) < 4.78 is 0. The van der Waals surface area contributed by atoms with E-state index in [1.807, 2.05) is 0 Å². The molecule has 1 aromatic carbocycles. The Hall–Kier alpha value is -1.75. The molecule has 2 amide bonds. The first-order valence-corrected chi connectivity index (χ1v) is 6.00. The van der Waals surface area contributed by atoms with Crippen molar-refractivity contribution in [3.05, 3.63) is 28.8 Å². The number of nitrogen functional groups attached to an aromatic ring is 1. The number of rotatable bonds is 2. The summed E-state index contributed by atoms with van der Waals surface area (Å²) in [5.41, 5.74) is 11.7. The lowest BCUT2D eigenvalue weighted by Crippen LogP contribution is -2.31. The molecule has 96 valence electrons. The number of likely N-dealkylation sites (tertiary alicyclic amines) is 1. The van der Waals surface area contributed by atoms with Crippen LogP contribution < -0.4 is 11.5 Å². The molecule has 0 radical (unpaired) electrons. The number of nitrogens with two attached hydrogens (primary N) is 2. The van der Waals surface area contributed by atoms with Crippen molar-refractivity contribution >= 4 is 29.1 Å². The van der Waals surface area contributed by atoms with E-state index in [9.17, 15) is 9.59 Å². The molecular formula is C12H14ClN3O2. The number of carbonyl (C=O) groups excluding carboxylic acids is 2. The van der Waals surface area contributed by atoms with Crippen LogP contribution in [0, 0.1) is 5.92 Å². The van der Waals surface area contributed by atoms with Crippen molar-refractivity contribution in [2.75, 3.05) is 18.8 Å². The predicted octanol–water partition coefficient (Wildman–Crippen LogP) is 0.870. The van der Waals surface area contributed by atoms with Crippen LogP contribution in [0.15, 0.2) is 18.2 Å². The molecule has 4 N–H and O–H groups in total. The molecule has 2 rings (SSSR count). The Morgan fingerprint density at radius 2 is 2.11 bits per heavy atom. The second-order valence-electron chi connectivity index (χ2n) is 4.38. The number of primary amides is 1. The fourth-order valence-electron chi connectivity index (χ4n) is 2.04. The standard InChI is InChI=1S/C12H14ClN3O2/c13-9-2-1-7(5-10(9)14)12(18)16-4-3-8(6-16)11(15)17/h1-2,5,8H,3-4,6,14H2,(H2,15,17). The normalized spacial score (nSPS) is 18.9. The lowest BCUT2D eigenvalue weighted by molar-refractivity contribution is -0.121. The van der Waals surface area contributed by atoms with Crippen LogP contribution in [0.5, 0.6) is 0 Å². The van der Waals surface area contributed by atoms with E-state index in [1.54, 1.807) is 23.1 Å². The Morgan fingerprint density at radius 1 is 1.39 bits per heavy atom. The van der Waals surface area contributed by atoms with Gasteiger partial charge in [-0.15, -0.1) is 0 Å². The van der Waals surface area contributed by atoms with Crippen molar-refractivity contribution in [2.45, 2.75) is 6.42 Å². The molecule has 18 heavy (non-hydrogen) atoms. The maximum atomic E-state index is 12.2. The SMILES string of the molecule is NC(=O)C1CCN(C(=O)c2ccc(Cl)c(N)c2)C1. The number of halogens is 1. The van der Waals surface area contributed by atoms with E-state index in [1.165, 1.54) is 0 Å². The Labute approximate surface area is 110 Å². The third-order valence-electron chi connectivity index (χ3n) is 3.12. The summed E-state index contributed by atoms with van der Waals surface area (Å²) in [5, 5.41) is 0.419. The van der Waals surface area contributed by atoms with E-state index in [2.05, 4.69) is 0 Å². The van der Waals surface area contributed by atoms with Gasteiger partial charge < -0.3 is 16.4 Å². The molecule has 0 aromatic heterocycles. The van der Waals surface area contributed by atoms with E-state index >= 15 is 0 Å². The van der Waals surface area contributed by atoms with Gasteiger partial charge in [0.25, 0.3) is 5.91 Å². The average Bonchev–Trinajstić information content (AvgIpc) is 2.81. The zero-order valence-electron chi connectivity index (χ0n) is 9.73. The highest BCUT2D eigenvalue weighted by Gasteiger charge is 2.30. The summed E-state index contributed by atoms with van der Waals surface area (Å²) in [6.45, 7) is 0.908. The maximum Gasteiger partial charge on any atom is 0.253 e. The van der Waals surface area contributed by atoms with Crippen LogP contribution in [0.1, 0.15) is 16.8 Å². The summed E-state index contributed by atoms with van der Waals surface area (Å²) in [7, 11) is 0. The van der Waals surface area contributed by atoms with Crippen molar-refractivity contribution in [1.82, 2.24) is 4.90 Å². The van der Waals surface area contributed by atoms with Crippen molar-refractivity contribution in [3.8, 4) is 0 Å². The van der Waals surface area contributed by atoms with Crippen LogP contribution in [-0.4, -0.2) is 29.8 Å². The smallest absolute Gasteiger partial charge is 0.253 e. The van der Waals surface area contributed by atoms with Crippen molar-refractivity contribution in [1.29, 1.82) is 0 Å². The largest absolute Gasteiger partial charge is 0.398 e. The maximum absolute atomic E-state index is 12.2. The number of anilines is 1. The molecular weight excluding hydrogens is 254 g/mol. The van der Waals surface area contributed by atoms with E-state index in [-0.39, 0.29) is 17.7 Å². The van der Waals surface area contributed by atoms with E-state index < -0.39 is 0 Å².